The Morgan fingerprint density at radius 2 is 2.05 bits per heavy atom. The molecule has 6 unspecified atom stereocenters. The molecule has 1 aromatic carbocycles. The molecule has 2 heterocycles. The van der Waals surface area contributed by atoms with Crippen molar-refractivity contribution < 1.29 is 37.3 Å². The van der Waals surface area contributed by atoms with Crippen LogP contribution in [0.25, 0.3) is 10.2 Å². The van der Waals surface area contributed by atoms with E-state index in [9.17, 15) is 27.9 Å². The minimum atomic E-state index is -4.38. The molecular formula is C31H32F3NO5S2. The van der Waals surface area contributed by atoms with Crippen LogP contribution in [0.2, 0.25) is 0 Å². The molecule has 1 N–H and O–H groups in total. The topological polar surface area (TPSA) is 85.7 Å². The lowest BCUT2D eigenvalue weighted by Crippen LogP contribution is -2.62. The maximum absolute atomic E-state index is 14.5. The third kappa shape index (κ3) is 4.21. The van der Waals surface area contributed by atoms with Crippen LogP contribution >= 0.6 is 23.1 Å². The van der Waals surface area contributed by atoms with Gasteiger partial charge in [0.05, 0.1) is 22.4 Å². The SMILES string of the molecule is CC12C=CC(=O)C=C1CCC1C2[C@@H](O)CC2(C)C1C[C@H]1OC(CCC(F)(F)F)O[C@]12C(=O)Sc1nc2ccccc2s1. The number of hydrogen-bond donors (Lipinski definition) is 1. The summed E-state index contributed by atoms with van der Waals surface area (Å²) in [6.07, 6.45) is -1.25. The molecule has 1 aliphatic heterocycles. The number of aliphatic hydroxyl groups excluding tert-OH is 1. The number of fused-ring (bicyclic) bond motifs is 8. The van der Waals surface area contributed by atoms with Gasteiger partial charge in [-0.15, -0.1) is 11.3 Å². The molecule has 4 fully saturated rings. The van der Waals surface area contributed by atoms with Crippen molar-refractivity contribution in [1.29, 1.82) is 0 Å². The molecule has 0 spiro atoms. The molecule has 3 saturated carbocycles. The van der Waals surface area contributed by atoms with Crippen molar-refractivity contribution in [3.63, 3.8) is 0 Å². The summed E-state index contributed by atoms with van der Waals surface area (Å²) in [7, 11) is 0. The number of ether oxygens (including phenoxy) is 2. The Morgan fingerprint density at radius 3 is 2.81 bits per heavy atom. The number of hydrogen-bond acceptors (Lipinski definition) is 8. The molecule has 1 saturated heterocycles. The van der Waals surface area contributed by atoms with E-state index < -0.39 is 53.9 Å². The van der Waals surface area contributed by atoms with Gasteiger partial charge in [-0.25, -0.2) is 4.98 Å². The van der Waals surface area contributed by atoms with E-state index in [1.807, 2.05) is 37.3 Å². The second-order valence-corrected chi connectivity index (χ2v) is 15.1. The molecule has 42 heavy (non-hydrogen) atoms. The first kappa shape index (κ1) is 28.7. The van der Waals surface area contributed by atoms with Crippen molar-refractivity contribution in [3.8, 4) is 0 Å². The number of allylic oxidation sites excluding steroid dienone is 4. The van der Waals surface area contributed by atoms with E-state index in [-0.39, 0.29) is 35.1 Å². The summed E-state index contributed by atoms with van der Waals surface area (Å²) in [5.41, 5.74) is -1.11. The average Bonchev–Trinajstić information content (AvgIpc) is 3.57. The normalized spacial score (nSPS) is 40.8. The number of ketones is 1. The first-order valence-corrected chi connectivity index (χ1v) is 16.1. The van der Waals surface area contributed by atoms with E-state index in [0.717, 1.165) is 34.0 Å². The highest BCUT2D eigenvalue weighted by molar-refractivity contribution is 8.15. The van der Waals surface area contributed by atoms with Gasteiger partial charge in [0.2, 0.25) is 5.12 Å². The Labute approximate surface area is 249 Å². The molecule has 11 heteroatoms. The molecule has 7 rings (SSSR count). The van der Waals surface area contributed by atoms with Crippen LogP contribution in [0, 0.1) is 28.6 Å². The zero-order valence-corrected chi connectivity index (χ0v) is 24.9. The van der Waals surface area contributed by atoms with Crippen LogP contribution in [0.5, 0.6) is 0 Å². The van der Waals surface area contributed by atoms with Gasteiger partial charge < -0.3 is 14.6 Å². The highest BCUT2D eigenvalue weighted by Gasteiger charge is 2.76. The van der Waals surface area contributed by atoms with Gasteiger partial charge in [0, 0.05) is 29.6 Å². The Kier molecular flexibility index (Phi) is 6.65. The first-order chi connectivity index (χ1) is 19.8. The number of thiazole rings is 1. The Morgan fingerprint density at radius 1 is 1.26 bits per heavy atom. The average molecular weight is 620 g/mol. The van der Waals surface area contributed by atoms with Gasteiger partial charge in [-0.2, -0.15) is 13.2 Å². The molecule has 0 amide bonds. The highest BCUT2D eigenvalue weighted by atomic mass is 32.2. The maximum atomic E-state index is 14.5. The summed E-state index contributed by atoms with van der Waals surface area (Å²) in [4.78, 5) is 31.2. The highest BCUT2D eigenvalue weighted by Crippen LogP contribution is 2.70. The van der Waals surface area contributed by atoms with Crippen LogP contribution < -0.4 is 0 Å². The van der Waals surface area contributed by atoms with Crippen LogP contribution in [-0.2, 0) is 19.1 Å². The van der Waals surface area contributed by atoms with Crippen LogP contribution in [-0.4, -0.2) is 51.3 Å². The summed E-state index contributed by atoms with van der Waals surface area (Å²) < 4.78 is 53.6. The van der Waals surface area contributed by atoms with Gasteiger partial charge >= 0.3 is 6.18 Å². The molecule has 1 aromatic heterocycles. The summed E-state index contributed by atoms with van der Waals surface area (Å²) in [5, 5.41) is 11.5. The first-order valence-electron chi connectivity index (χ1n) is 14.4. The van der Waals surface area contributed by atoms with Crippen molar-refractivity contribution in [3.05, 3.63) is 48.1 Å². The van der Waals surface area contributed by atoms with Crippen molar-refractivity contribution >= 4 is 44.2 Å². The molecule has 5 aliphatic rings. The molecule has 0 radical (unpaired) electrons. The molecular weight excluding hydrogens is 587 g/mol. The van der Waals surface area contributed by atoms with E-state index in [2.05, 4.69) is 11.9 Å². The molecule has 9 atom stereocenters. The number of halogens is 3. The number of thioether (sulfide) groups is 1. The van der Waals surface area contributed by atoms with Crippen LogP contribution in [0.1, 0.15) is 52.4 Å². The van der Waals surface area contributed by atoms with E-state index in [0.29, 0.717) is 17.2 Å². The minimum Gasteiger partial charge on any atom is -0.393 e. The van der Waals surface area contributed by atoms with Gasteiger partial charge in [-0.3, -0.25) is 9.59 Å². The number of aromatic nitrogens is 1. The second-order valence-electron chi connectivity index (χ2n) is 12.8. The molecule has 224 valence electrons. The second kappa shape index (κ2) is 9.72. The lowest BCUT2D eigenvalue weighted by atomic mass is 9.46. The van der Waals surface area contributed by atoms with Gasteiger partial charge in [-0.05, 0) is 73.6 Å². The zero-order chi connectivity index (χ0) is 29.7. The third-order valence-electron chi connectivity index (χ3n) is 10.7. The Bertz CT molecular complexity index is 1490. The van der Waals surface area contributed by atoms with E-state index in [1.54, 1.807) is 12.2 Å². The predicted octanol–water partition coefficient (Wildman–Crippen LogP) is 6.63. The van der Waals surface area contributed by atoms with Gasteiger partial charge in [0.1, 0.15) is 0 Å². The fraction of sp³-hybridized carbons (Fsp3) is 0.581. The molecule has 2 aromatic rings. The van der Waals surface area contributed by atoms with Crippen LogP contribution in [0.3, 0.4) is 0 Å². The summed E-state index contributed by atoms with van der Waals surface area (Å²) in [6, 6.07) is 7.57. The molecule has 6 nitrogen and oxygen atoms in total. The van der Waals surface area contributed by atoms with Gasteiger partial charge in [0.25, 0.3) is 0 Å². The van der Waals surface area contributed by atoms with Crippen molar-refractivity contribution in [2.75, 3.05) is 0 Å². The van der Waals surface area contributed by atoms with Crippen LogP contribution in [0.15, 0.2) is 52.4 Å². The Balaban J connectivity index is 1.25. The predicted molar refractivity (Wildman–Crippen MR) is 152 cm³/mol. The fourth-order valence-corrected chi connectivity index (χ4v) is 11.2. The third-order valence-corrected chi connectivity index (χ3v) is 12.8. The van der Waals surface area contributed by atoms with Crippen molar-refractivity contribution in [1.82, 2.24) is 4.98 Å². The standard InChI is InChI=1S/C31H32F3NO5S2/c1-28-11-9-17(36)13-16(28)7-8-18-19-14-23-31(29(19,2)15-21(37)25(18)28,40-24(39-23)10-12-30(32,33)34)26(38)42-27-35-20-5-3-4-6-22(20)41-27/h3-6,9,11,13,18-19,21,23-25,37H,7-8,10,12,14-15H2,1-2H3/t18?,19?,21-,23+,24?,25?,28?,29?,31-/m0/s1. The number of alkyl halides is 3. The zero-order valence-electron chi connectivity index (χ0n) is 23.2. The van der Waals surface area contributed by atoms with Gasteiger partial charge in [0.15, 0.2) is 22.0 Å². The lowest BCUT2D eigenvalue weighted by Gasteiger charge is -2.59. The molecule has 4 aliphatic carbocycles. The number of rotatable bonds is 4. The number of carbonyl (C=O) groups excluding carboxylic acids is 2. The maximum Gasteiger partial charge on any atom is 0.389 e. The van der Waals surface area contributed by atoms with Gasteiger partial charge in [-0.1, -0.05) is 37.6 Å². The number of para-hydroxylation sites is 1. The fourth-order valence-electron chi connectivity index (χ4n) is 8.95. The number of carbonyl (C=O) groups is 2. The van der Waals surface area contributed by atoms with Crippen molar-refractivity contribution in [2.45, 2.75) is 87.0 Å². The monoisotopic (exact) mass is 619 g/mol. The van der Waals surface area contributed by atoms with E-state index in [4.69, 9.17) is 9.47 Å². The van der Waals surface area contributed by atoms with E-state index >= 15 is 0 Å². The number of aliphatic hydroxyl groups is 1. The van der Waals surface area contributed by atoms with Crippen LogP contribution in [0.4, 0.5) is 13.2 Å². The summed E-state index contributed by atoms with van der Waals surface area (Å²) in [5.74, 6) is -0.260. The largest absolute Gasteiger partial charge is 0.393 e. The van der Waals surface area contributed by atoms with E-state index in [1.165, 1.54) is 11.3 Å². The lowest BCUT2D eigenvalue weighted by molar-refractivity contribution is -0.201. The summed E-state index contributed by atoms with van der Waals surface area (Å²) in [6.45, 7) is 4.03. The molecule has 0 bridgehead atoms. The quantitative estimate of drug-likeness (QED) is 0.385. The summed E-state index contributed by atoms with van der Waals surface area (Å²) >= 11 is 2.35. The Hall–Kier alpha value is -2.05. The smallest absolute Gasteiger partial charge is 0.389 e. The number of benzene rings is 1. The number of nitrogens with zero attached hydrogens (tertiary/aromatic N) is 1. The van der Waals surface area contributed by atoms with Crippen molar-refractivity contribution in [2.24, 2.45) is 28.6 Å². The minimum absolute atomic E-state index is 0.0160.